The van der Waals surface area contributed by atoms with Crippen LogP contribution < -0.4 is 10.6 Å². The highest BCUT2D eigenvalue weighted by Gasteiger charge is 2.11. The number of nitrogens with one attached hydrogen (secondary N) is 3. The van der Waals surface area contributed by atoms with Gasteiger partial charge in [0, 0.05) is 22.9 Å². The van der Waals surface area contributed by atoms with Gasteiger partial charge in [0.15, 0.2) is 0 Å². The van der Waals surface area contributed by atoms with Crippen molar-refractivity contribution in [3.8, 4) is 11.4 Å². The smallest absolute Gasteiger partial charge is 0.255 e. The van der Waals surface area contributed by atoms with Gasteiger partial charge in [0.05, 0.1) is 16.7 Å². The maximum Gasteiger partial charge on any atom is 0.255 e. The van der Waals surface area contributed by atoms with E-state index < -0.39 is 0 Å². The number of imidazole rings is 1. The molecule has 2 amide bonds. The number of fused-ring (bicyclic) bond motifs is 1. The van der Waals surface area contributed by atoms with Crippen LogP contribution in [0.5, 0.6) is 0 Å². The Morgan fingerprint density at radius 3 is 2.54 bits per heavy atom. The first-order valence-electron chi connectivity index (χ1n) is 11.7. The lowest BCUT2D eigenvalue weighted by Gasteiger charge is -2.08. The molecule has 182 valence electrons. The Balaban J connectivity index is 1.29. The zero-order valence-corrected chi connectivity index (χ0v) is 20.0. The lowest BCUT2D eigenvalue weighted by atomic mass is 10.1. The number of H-pyrrole nitrogens is 1. The number of aromatic amines is 1. The minimum absolute atomic E-state index is 0.319. The molecule has 37 heavy (non-hydrogen) atoms. The van der Waals surface area contributed by atoms with Crippen LogP contribution in [0.4, 0.5) is 15.8 Å². The number of carbonyl (C=O) groups excluding carboxylic acids is 2. The number of amides is 2. The maximum absolute atomic E-state index is 13.5. The fraction of sp³-hybridized carbons (Fsp3) is 0.0333. The van der Waals surface area contributed by atoms with Crippen LogP contribution in [0.3, 0.4) is 0 Å². The van der Waals surface area contributed by atoms with Gasteiger partial charge >= 0.3 is 0 Å². The number of para-hydroxylation sites is 3. The molecule has 0 radical (unpaired) electrons. The van der Waals surface area contributed by atoms with Gasteiger partial charge in [-0.1, -0.05) is 36.4 Å². The van der Waals surface area contributed by atoms with Gasteiger partial charge in [0.2, 0.25) is 5.91 Å². The summed E-state index contributed by atoms with van der Waals surface area (Å²) in [5, 5.41) is 5.67. The molecule has 0 atom stereocenters. The van der Waals surface area contributed by atoms with Crippen LogP contribution in [0.25, 0.3) is 28.5 Å². The molecule has 0 aliphatic rings. The Kier molecular flexibility index (Phi) is 6.59. The molecule has 0 bridgehead atoms. The summed E-state index contributed by atoms with van der Waals surface area (Å²) in [4.78, 5) is 33.3. The first-order valence-corrected chi connectivity index (χ1v) is 11.7. The van der Waals surface area contributed by atoms with E-state index in [2.05, 4.69) is 20.6 Å². The van der Waals surface area contributed by atoms with Crippen LogP contribution in [-0.4, -0.2) is 21.8 Å². The summed E-state index contributed by atoms with van der Waals surface area (Å²) in [6.45, 7) is 1.64. The Labute approximate surface area is 212 Å². The molecule has 3 N–H and O–H groups in total. The number of halogens is 1. The third-order valence-electron chi connectivity index (χ3n) is 5.82. The van der Waals surface area contributed by atoms with Crippen molar-refractivity contribution in [2.45, 2.75) is 6.92 Å². The molecule has 1 heterocycles. The van der Waals surface area contributed by atoms with Gasteiger partial charge in [0.1, 0.15) is 11.6 Å². The first kappa shape index (κ1) is 23.7. The van der Waals surface area contributed by atoms with Crippen LogP contribution in [0.1, 0.15) is 21.5 Å². The number of hydrogen-bond donors (Lipinski definition) is 3. The zero-order valence-electron chi connectivity index (χ0n) is 20.0. The summed E-state index contributed by atoms with van der Waals surface area (Å²) < 4.78 is 13.5. The monoisotopic (exact) mass is 490 g/mol. The lowest BCUT2D eigenvalue weighted by Crippen LogP contribution is -2.12. The van der Waals surface area contributed by atoms with Crippen LogP contribution in [0, 0.1) is 12.7 Å². The van der Waals surface area contributed by atoms with E-state index in [4.69, 9.17) is 0 Å². The third kappa shape index (κ3) is 5.46. The molecule has 7 heteroatoms. The lowest BCUT2D eigenvalue weighted by molar-refractivity contribution is -0.111. The number of anilines is 2. The van der Waals surface area contributed by atoms with Crippen molar-refractivity contribution in [3.05, 3.63) is 120 Å². The van der Waals surface area contributed by atoms with E-state index in [1.165, 1.54) is 18.2 Å². The van der Waals surface area contributed by atoms with Crippen LogP contribution >= 0.6 is 0 Å². The molecular formula is C30H23FN4O2. The Morgan fingerprint density at radius 1 is 0.892 bits per heavy atom. The molecule has 0 unspecified atom stereocenters. The fourth-order valence-corrected chi connectivity index (χ4v) is 3.93. The minimum Gasteiger partial charge on any atom is -0.338 e. The van der Waals surface area contributed by atoms with Gasteiger partial charge in [-0.2, -0.15) is 0 Å². The number of hydrogen-bond acceptors (Lipinski definition) is 3. The van der Waals surface area contributed by atoms with Crippen molar-refractivity contribution in [1.82, 2.24) is 9.97 Å². The number of benzene rings is 4. The van der Waals surface area contributed by atoms with Gasteiger partial charge in [-0.05, 0) is 78.7 Å². The Morgan fingerprint density at radius 2 is 1.70 bits per heavy atom. The summed E-state index contributed by atoms with van der Waals surface area (Å²) in [5.74, 6) is -0.314. The van der Waals surface area contributed by atoms with Crippen molar-refractivity contribution in [2.24, 2.45) is 0 Å². The van der Waals surface area contributed by atoms with Gasteiger partial charge < -0.3 is 15.6 Å². The van der Waals surface area contributed by atoms with E-state index in [0.29, 0.717) is 33.9 Å². The van der Waals surface area contributed by atoms with Crippen molar-refractivity contribution < 1.29 is 14.0 Å². The van der Waals surface area contributed by atoms with E-state index in [-0.39, 0.29) is 17.6 Å². The molecule has 5 rings (SSSR count). The fourth-order valence-electron chi connectivity index (χ4n) is 3.93. The van der Waals surface area contributed by atoms with Gasteiger partial charge in [0.25, 0.3) is 5.91 Å². The highest BCUT2D eigenvalue weighted by atomic mass is 19.1. The van der Waals surface area contributed by atoms with E-state index >= 15 is 0 Å². The second-order valence-electron chi connectivity index (χ2n) is 8.51. The SMILES string of the molecule is Cc1cc(NC(=O)c2cccc(/C=C/C(=O)Nc3ccccc3-c3nc4ccccc4[nH]3)c2)ccc1F. The van der Waals surface area contributed by atoms with E-state index in [1.807, 2.05) is 48.5 Å². The van der Waals surface area contributed by atoms with Crippen molar-refractivity contribution in [2.75, 3.05) is 10.6 Å². The average Bonchev–Trinajstić information content (AvgIpc) is 3.34. The number of aryl methyl sites for hydroxylation is 1. The summed E-state index contributed by atoms with van der Waals surface area (Å²) in [5.41, 5.74) is 5.21. The van der Waals surface area contributed by atoms with Gasteiger partial charge in [-0.15, -0.1) is 0 Å². The number of aromatic nitrogens is 2. The van der Waals surface area contributed by atoms with Crippen LogP contribution in [-0.2, 0) is 4.79 Å². The maximum atomic E-state index is 13.5. The normalized spacial score (nSPS) is 11.1. The summed E-state index contributed by atoms with van der Waals surface area (Å²) in [7, 11) is 0. The van der Waals surface area contributed by atoms with Gasteiger partial charge in [-0.25, -0.2) is 9.37 Å². The molecule has 4 aromatic carbocycles. The molecule has 5 aromatic rings. The van der Waals surface area contributed by atoms with E-state index in [1.54, 1.807) is 43.3 Å². The topological polar surface area (TPSA) is 86.9 Å². The second-order valence-corrected chi connectivity index (χ2v) is 8.51. The van der Waals surface area contributed by atoms with E-state index in [0.717, 1.165) is 16.6 Å². The van der Waals surface area contributed by atoms with Crippen molar-refractivity contribution >= 4 is 40.3 Å². The Hall–Kier alpha value is -5.04. The first-order chi connectivity index (χ1) is 18.0. The molecule has 6 nitrogen and oxygen atoms in total. The number of nitrogens with zero attached hydrogens (tertiary/aromatic N) is 1. The summed E-state index contributed by atoms with van der Waals surface area (Å²) in [6.07, 6.45) is 3.05. The standard InChI is InChI=1S/C30H23FN4O2/c1-19-17-22(14-15-24(19)31)32-30(37)21-8-6-7-20(18-21)13-16-28(36)33-25-10-3-2-9-23(25)29-34-26-11-4-5-12-27(26)35-29/h2-18H,1H3,(H,32,37)(H,33,36)(H,34,35)/b16-13+. The quantitative estimate of drug-likeness (QED) is 0.235. The minimum atomic E-state index is -0.330. The predicted octanol–water partition coefficient (Wildman–Crippen LogP) is 6.58. The molecule has 0 aliphatic heterocycles. The number of carbonyl (C=O) groups is 2. The largest absolute Gasteiger partial charge is 0.338 e. The van der Waals surface area contributed by atoms with Gasteiger partial charge in [-0.3, -0.25) is 9.59 Å². The molecule has 0 saturated heterocycles. The second kappa shape index (κ2) is 10.3. The van der Waals surface area contributed by atoms with Crippen molar-refractivity contribution in [1.29, 1.82) is 0 Å². The van der Waals surface area contributed by atoms with Crippen LogP contribution in [0.2, 0.25) is 0 Å². The van der Waals surface area contributed by atoms with Crippen LogP contribution in [0.15, 0.2) is 97.1 Å². The Bertz CT molecular complexity index is 1620. The predicted molar refractivity (Wildman–Crippen MR) is 145 cm³/mol. The average molecular weight is 491 g/mol. The molecule has 0 fully saturated rings. The highest BCUT2D eigenvalue weighted by molar-refractivity contribution is 6.06. The number of rotatable bonds is 6. The van der Waals surface area contributed by atoms with E-state index in [9.17, 15) is 14.0 Å². The zero-order chi connectivity index (χ0) is 25.8. The molecule has 0 spiro atoms. The van der Waals surface area contributed by atoms with Crippen molar-refractivity contribution in [3.63, 3.8) is 0 Å². The molecule has 1 aromatic heterocycles. The third-order valence-corrected chi connectivity index (χ3v) is 5.82. The highest BCUT2D eigenvalue weighted by Crippen LogP contribution is 2.27. The molecular weight excluding hydrogens is 467 g/mol. The summed E-state index contributed by atoms with van der Waals surface area (Å²) in [6, 6.07) is 26.5. The summed E-state index contributed by atoms with van der Waals surface area (Å²) >= 11 is 0. The molecule has 0 saturated carbocycles. The molecule has 0 aliphatic carbocycles.